The van der Waals surface area contributed by atoms with Crippen LogP contribution in [-0.2, 0) is 13.0 Å². The molecular weight excluding hydrogens is 404 g/mol. The summed E-state index contributed by atoms with van der Waals surface area (Å²) in [5, 5.41) is 3.00. The minimum atomic E-state index is -0.0715. The molecule has 3 rings (SSSR count). The van der Waals surface area contributed by atoms with E-state index in [4.69, 9.17) is 4.98 Å². The highest BCUT2D eigenvalue weighted by Gasteiger charge is 2.12. The molecule has 0 bridgehead atoms. The molecule has 6 heteroatoms. The smallest absolute Gasteiger partial charge is 0.252 e. The van der Waals surface area contributed by atoms with Gasteiger partial charge in [0.1, 0.15) is 5.82 Å². The summed E-state index contributed by atoms with van der Waals surface area (Å²) in [6, 6.07) is 15.7. The molecule has 0 spiro atoms. The van der Waals surface area contributed by atoms with Gasteiger partial charge in [-0.3, -0.25) is 4.79 Å². The predicted molar refractivity (Wildman–Crippen MR) is 113 cm³/mol. The van der Waals surface area contributed by atoms with Gasteiger partial charge in [-0.15, -0.1) is 0 Å². The highest BCUT2D eigenvalue weighted by atomic mass is 79.9. The van der Waals surface area contributed by atoms with E-state index in [0.29, 0.717) is 18.5 Å². The molecule has 0 saturated heterocycles. The SMILES string of the molecule is CN(C)CCCn1c(CCNC(=O)c2ccccc2Br)nc2ccccc21. The van der Waals surface area contributed by atoms with Crippen molar-refractivity contribution < 1.29 is 4.79 Å². The third kappa shape index (κ3) is 4.96. The maximum absolute atomic E-state index is 12.4. The number of carbonyl (C=O) groups is 1. The number of rotatable bonds is 8. The number of benzene rings is 2. The minimum absolute atomic E-state index is 0.0715. The van der Waals surface area contributed by atoms with Crippen molar-refractivity contribution in [2.75, 3.05) is 27.2 Å². The number of carbonyl (C=O) groups excluding carboxylic acids is 1. The largest absolute Gasteiger partial charge is 0.352 e. The Morgan fingerprint density at radius 3 is 2.67 bits per heavy atom. The van der Waals surface area contributed by atoms with Crippen LogP contribution in [0.2, 0.25) is 0 Å². The van der Waals surface area contributed by atoms with E-state index in [1.54, 1.807) is 0 Å². The van der Waals surface area contributed by atoms with Crippen LogP contribution in [0.4, 0.5) is 0 Å². The lowest BCUT2D eigenvalue weighted by Crippen LogP contribution is -2.27. The molecule has 0 aliphatic carbocycles. The van der Waals surface area contributed by atoms with Crippen LogP contribution >= 0.6 is 15.9 Å². The molecule has 1 heterocycles. The Morgan fingerprint density at radius 1 is 1.15 bits per heavy atom. The van der Waals surface area contributed by atoms with Gasteiger partial charge < -0.3 is 14.8 Å². The van der Waals surface area contributed by atoms with Gasteiger partial charge in [0.05, 0.1) is 16.6 Å². The summed E-state index contributed by atoms with van der Waals surface area (Å²) in [5.41, 5.74) is 2.81. The number of fused-ring (bicyclic) bond motifs is 1. The number of nitrogens with zero attached hydrogens (tertiary/aromatic N) is 3. The molecule has 0 unspecified atom stereocenters. The van der Waals surface area contributed by atoms with Crippen molar-refractivity contribution in [1.29, 1.82) is 0 Å². The number of hydrogen-bond acceptors (Lipinski definition) is 3. The molecule has 3 aromatic rings. The Kier molecular flexibility index (Phi) is 6.63. The van der Waals surface area contributed by atoms with Crippen molar-refractivity contribution in [2.24, 2.45) is 0 Å². The quantitative estimate of drug-likeness (QED) is 0.594. The van der Waals surface area contributed by atoms with Gasteiger partial charge >= 0.3 is 0 Å². The second kappa shape index (κ2) is 9.15. The average Bonchev–Trinajstić information content (AvgIpc) is 2.99. The molecule has 0 aliphatic rings. The summed E-state index contributed by atoms with van der Waals surface area (Å²) in [6.45, 7) is 2.51. The third-order valence-electron chi connectivity index (χ3n) is 4.47. The number of halogens is 1. The van der Waals surface area contributed by atoms with Crippen LogP contribution in [0.1, 0.15) is 22.6 Å². The Morgan fingerprint density at radius 2 is 1.89 bits per heavy atom. The maximum atomic E-state index is 12.4. The lowest BCUT2D eigenvalue weighted by molar-refractivity contribution is 0.0953. The lowest BCUT2D eigenvalue weighted by atomic mass is 10.2. The summed E-state index contributed by atoms with van der Waals surface area (Å²) in [6.07, 6.45) is 1.76. The van der Waals surface area contributed by atoms with E-state index in [0.717, 1.165) is 40.8 Å². The molecule has 1 N–H and O–H groups in total. The summed E-state index contributed by atoms with van der Waals surface area (Å²) >= 11 is 3.43. The standard InChI is InChI=1S/C21H25BrN4O/c1-25(2)14-7-15-26-19-11-6-5-10-18(19)24-20(26)12-13-23-21(27)16-8-3-4-9-17(16)22/h3-6,8-11H,7,12-15H2,1-2H3,(H,23,27). The van der Waals surface area contributed by atoms with E-state index in [9.17, 15) is 4.79 Å². The Hall–Kier alpha value is -2.18. The first-order chi connectivity index (χ1) is 13.1. The molecule has 0 fully saturated rings. The molecule has 1 amide bonds. The molecule has 0 saturated carbocycles. The fourth-order valence-electron chi connectivity index (χ4n) is 3.14. The molecular formula is C21H25BrN4O. The molecule has 2 aromatic carbocycles. The topological polar surface area (TPSA) is 50.2 Å². The summed E-state index contributed by atoms with van der Waals surface area (Å²) in [5.74, 6) is 0.945. The number of imidazole rings is 1. The van der Waals surface area contributed by atoms with E-state index in [1.807, 2.05) is 42.5 Å². The van der Waals surface area contributed by atoms with Crippen molar-refractivity contribution in [3.8, 4) is 0 Å². The predicted octanol–water partition coefficient (Wildman–Crippen LogP) is 3.72. The average molecular weight is 429 g/mol. The zero-order valence-electron chi connectivity index (χ0n) is 15.8. The molecule has 0 radical (unpaired) electrons. The van der Waals surface area contributed by atoms with Crippen LogP contribution in [0.3, 0.4) is 0 Å². The molecule has 0 atom stereocenters. The number of hydrogen-bond donors (Lipinski definition) is 1. The van der Waals surface area contributed by atoms with Gasteiger partial charge in [-0.2, -0.15) is 0 Å². The second-order valence-corrected chi connectivity index (χ2v) is 7.67. The van der Waals surface area contributed by atoms with E-state index < -0.39 is 0 Å². The van der Waals surface area contributed by atoms with Gasteiger partial charge in [0, 0.05) is 24.0 Å². The minimum Gasteiger partial charge on any atom is -0.352 e. The van der Waals surface area contributed by atoms with Crippen LogP contribution in [0, 0.1) is 0 Å². The number of amides is 1. The van der Waals surface area contributed by atoms with Crippen LogP contribution < -0.4 is 5.32 Å². The van der Waals surface area contributed by atoms with Gasteiger partial charge in [-0.05, 0) is 67.3 Å². The lowest BCUT2D eigenvalue weighted by Gasteiger charge is -2.13. The summed E-state index contributed by atoms with van der Waals surface area (Å²) < 4.78 is 3.09. The molecule has 142 valence electrons. The van der Waals surface area contributed by atoms with Gasteiger partial charge in [-0.1, -0.05) is 24.3 Å². The van der Waals surface area contributed by atoms with Crippen molar-refractivity contribution in [3.05, 3.63) is 64.4 Å². The van der Waals surface area contributed by atoms with Crippen LogP contribution in [-0.4, -0.2) is 47.5 Å². The summed E-state index contributed by atoms with van der Waals surface area (Å²) in [7, 11) is 4.17. The summed E-state index contributed by atoms with van der Waals surface area (Å²) in [4.78, 5) is 19.4. The van der Waals surface area contributed by atoms with E-state index in [1.165, 1.54) is 0 Å². The van der Waals surface area contributed by atoms with Crippen molar-refractivity contribution in [2.45, 2.75) is 19.4 Å². The number of para-hydroxylation sites is 2. The fraction of sp³-hybridized carbons (Fsp3) is 0.333. The number of aromatic nitrogens is 2. The molecule has 0 aliphatic heterocycles. The third-order valence-corrected chi connectivity index (χ3v) is 5.16. The Balaban J connectivity index is 1.68. The first-order valence-corrected chi connectivity index (χ1v) is 9.97. The van der Waals surface area contributed by atoms with Crippen molar-refractivity contribution >= 4 is 32.9 Å². The van der Waals surface area contributed by atoms with Crippen LogP contribution in [0.15, 0.2) is 53.0 Å². The van der Waals surface area contributed by atoms with Gasteiger partial charge in [0.2, 0.25) is 0 Å². The van der Waals surface area contributed by atoms with Gasteiger partial charge in [0.25, 0.3) is 5.91 Å². The molecule has 5 nitrogen and oxygen atoms in total. The maximum Gasteiger partial charge on any atom is 0.252 e. The first kappa shape index (κ1) is 19.6. The zero-order chi connectivity index (χ0) is 19.2. The fourth-order valence-corrected chi connectivity index (χ4v) is 3.60. The highest BCUT2D eigenvalue weighted by molar-refractivity contribution is 9.10. The zero-order valence-corrected chi connectivity index (χ0v) is 17.4. The van der Waals surface area contributed by atoms with Crippen LogP contribution in [0.5, 0.6) is 0 Å². The van der Waals surface area contributed by atoms with Crippen molar-refractivity contribution in [3.63, 3.8) is 0 Å². The van der Waals surface area contributed by atoms with Crippen LogP contribution in [0.25, 0.3) is 11.0 Å². The van der Waals surface area contributed by atoms with E-state index >= 15 is 0 Å². The van der Waals surface area contributed by atoms with Crippen molar-refractivity contribution in [1.82, 2.24) is 19.8 Å². The molecule has 1 aromatic heterocycles. The molecule has 27 heavy (non-hydrogen) atoms. The normalized spacial score (nSPS) is 11.3. The Labute approximate surface area is 168 Å². The van der Waals surface area contributed by atoms with E-state index in [2.05, 4.69) is 50.9 Å². The highest BCUT2D eigenvalue weighted by Crippen LogP contribution is 2.18. The monoisotopic (exact) mass is 428 g/mol. The second-order valence-electron chi connectivity index (χ2n) is 6.81. The number of aryl methyl sites for hydroxylation is 1. The Bertz CT molecular complexity index is 919. The van der Waals surface area contributed by atoms with Gasteiger partial charge in [-0.25, -0.2) is 4.98 Å². The first-order valence-electron chi connectivity index (χ1n) is 9.18. The van der Waals surface area contributed by atoms with E-state index in [-0.39, 0.29) is 5.91 Å². The van der Waals surface area contributed by atoms with Gasteiger partial charge in [0.15, 0.2) is 0 Å². The number of nitrogens with one attached hydrogen (secondary N) is 1.